The molecule has 1 N–H and O–H groups in total. The van der Waals surface area contributed by atoms with Crippen molar-refractivity contribution in [3.8, 4) is 0 Å². The van der Waals surface area contributed by atoms with Crippen LogP contribution in [-0.4, -0.2) is 54.1 Å². The summed E-state index contributed by atoms with van der Waals surface area (Å²) in [6.45, 7) is 0. The van der Waals surface area contributed by atoms with E-state index in [9.17, 15) is 0 Å². The predicted octanol–water partition coefficient (Wildman–Crippen LogP) is 0.645. The van der Waals surface area contributed by atoms with E-state index in [0.717, 1.165) is 55.7 Å². The average molecular weight is 96.2 g/mol. The molecule has 0 saturated carbocycles. The molecule has 0 unspecified atom stereocenters. The van der Waals surface area contributed by atoms with E-state index >= 15 is 0 Å². The van der Waals surface area contributed by atoms with E-state index in [1.165, 1.54) is 0 Å². The van der Waals surface area contributed by atoms with Crippen LogP contribution in [0.15, 0.2) is 12.3 Å². The molecule has 0 amide bonds. The Labute approximate surface area is 65.7 Å². The van der Waals surface area contributed by atoms with Gasteiger partial charge in [0.2, 0.25) is 0 Å². The van der Waals surface area contributed by atoms with Gasteiger partial charge in [0.1, 0.15) is 0 Å². The summed E-state index contributed by atoms with van der Waals surface area (Å²) in [4.78, 5) is 0. The van der Waals surface area contributed by atoms with Crippen LogP contribution in [0.1, 0.15) is 0 Å². The van der Waals surface area contributed by atoms with Crippen molar-refractivity contribution in [2.75, 3.05) is 0 Å². The first-order chi connectivity index (χ1) is 2.41. The Morgan fingerprint density at radius 1 is 1.80 bits per heavy atom. The quantitative estimate of drug-likeness (QED) is 0.375. The second kappa shape index (κ2) is 5.18. The number of hydrogen-bond acceptors (Lipinski definition) is 1. The molecule has 0 rings (SSSR count). The molecule has 0 atom stereocenters. The normalized spacial score (nSPS) is 10.0. The molecule has 0 aromatic rings. The Balaban J connectivity index is 2.62. The summed E-state index contributed by atoms with van der Waals surface area (Å²) in [5, 5.41) is 7.92. The number of hydrogen-bond donors (Lipinski definition) is 1. The molecule has 0 aliphatic rings. The van der Waals surface area contributed by atoms with E-state index in [-0.39, 0.29) is 0 Å². The van der Waals surface area contributed by atoms with Crippen molar-refractivity contribution in [2.24, 2.45) is 0 Å². The summed E-state index contributed by atoms with van der Waals surface area (Å²) in [5.74, 6) is 0. The molecule has 0 radical (unpaired) electrons. The van der Waals surface area contributed by atoms with Gasteiger partial charge < -0.3 is 0 Å². The fourth-order valence-electron chi connectivity index (χ4n) is 0.105. The van der Waals surface area contributed by atoms with Crippen molar-refractivity contribution in [3.63, 3.8) is 0 Å². The van der Waals surface area contributed by atoms with Gasteiger partial charge in [0, 0.05) is 0 Å². The molecule has 0 aliphatic carbocycles. The molecular weight excluding hydrogens is 91.1 g/mol. The molecule has 0 bridgehead atoms. The first-order valence-electron chi connectivity index (χ1n) is 1.71. The predicted molar refractivity (Wildman–Crippen MR) is 22.3 cm³/mol. The molecule has 0 aliphatic heterocycles. The number of aliphatic hydroxyl groups excluding tert-OH is 1. The van der Waals surface area contributed by atoms with Gasteiger partial charge in [-0.05, 0) is 0 Å². The third-order valence-corrected chi connectivity index (χ3v) is 1.08. The number of rotatable bonds is 1. The summed E-state index contributed by atoms with van der Waals surface area (Å²) in [7, 11) is 0. The van der Waals surface area contributed by atoms with Crippen LogP contribution in [0.25, 0.3) is 0 Å². The molecule has 0 heterocycles. The maximum atomic E-state index is 7.92. The van der Waals surface area contributed by atoms with E-state index in [4.69, 9.17) is 5.11 Å². The van der Waals surface area contributed by atoms with E-state index in [1.54, 1.807) is 6.08 Å². The summed E-state index contributed by atoms with van der Waals surface area (Å²) in [5.41, 5.74) is 0. The van der Waals surface area contributed by atoms with Gasteiger partial charge in [-0.15, -0.1) is 0 Å². The molecule has 2 heteroatoms. The van der Waals surface area contributed by atoms with E-state index in [2.05, 4.69) is 0 Å². The zero-order chi connectivity index (χ0) is 4.12. The molecule has 24 valence electrons. The second-order valence-electron chi connectivity index (χ2n) is 0.793. The molecule has 0 aromatic carbocycles. The molecular formula is C3H5KO. The van der Waals surface area contributed by atoms with Crippen LogP contribution in [0.2, 0.25) is 0.515 Å². The fraction of sp³-hybridized carbons (Fsp3) is 0.333. The van der Waals surface area contributed by atoms with Crippen molar-refractivity contribution in [2.45, 2.75) is 0.515 Å². The van der Waals surface area contributed by atoms with Crippen molar-refractivity contribution in [3.05, 3.63) is 12.3 Å². The minimum atomic E-state index is 0.867. The van der Waals surface area contributed by atoms with Gasteiger partial charge in [0.05, 0.1) is 0 Å². The summed E-state index contributed by atoms with van der Waals surface area (Å²) >= 11 is 0.867. The van der Waals surface area contributed by atoms with Crippen LogP contribution in [0.4, 0.5) is 0 Å². The summed E-state index contributed by atoms with van der Waals surface area (Å²) in [6, 6.07) is 0. The zero-order valence-corrected chi connectivity index (χ0v) is 6.43. The SMILES string of the molecule is OC=C[CH2][K]. The van der Waals surface area contributed by atoms with Gasteiger partial charge in [0.25, 0.3) is 0 Å². The first-order valence-corrected chi connectivity index (χ1v) is 3.92. The van der Waals surface area contributed by atoms with Crippen LogP contribution in [-0.2, 0) is 0 Å². The monoisotopic (exact) mass is 96.0 g/mol. The number of aliphatic hydroxyl groups is 1. The van der Waals surface area contributed by atoms with Gasteiger partial charge in [-0.2, -0.15) is 0 Å². The fourth-order valence-corrected chi connectivity index (χ4v) is 0.435. The Morgan fingerprint density at radius 2 is 2.40 bits per heavy atom. The van der Waals surface area contributed by atoms with Crippen LogP contribution in [0.3, 0.4) is 0 Å². The molecule has 0 spiro atoms. The molecule has 5 heavy (non-hydrogen) atoms. The number of allylic oxidation sites excluding steroid dienone is 1. The zero-order valence-electron chi connectivity index (χ0n) is 3.31. The Morgan fingerprint density at radius 3 is 2.40 bits per heavy atom. The van der Waals surface area contributed by atoms with Gasteiger partial charge in [-0.3, -0.25) is 0 Å². The summed E-state index contributed by atoms with van der Waals surface area (Å²) in [6.07, 6.45) is 2.87. The minimum absolute atomic E-state index is 0.867. The van der Waals surface area contributed by atoms with E-state index in [1.807, 2.05) is 0 Å². The topological polar surface area (TPSA) is 20.2 Å². The van der Waals surface area contributed by atoms with E-state index < -0.39 is 0 Å². The third kappa shape index (κ3) is 5.18. The van der Waals surface area contributed by atoms with Crippen molar-refractivity contribution in [1.29, 1.82) is 0 Å². The van der Waals surface area contributed by atoms with Crippen molar-refractivity contribution >= 4 is 49.0 Å². The van der Waals surface area contributed by atoms with Crippen LogP contribution < -0.4 is 0 Å². The molecule has 1 nitrogen and oxygen atoms in total. The summed E-state index contributed by atoms with van der Waals surface area (Å²) < 4.78 is 1.10. The van der Waals surface area contributed by atoms with Crippen LogP contribution >= 0.6 is 0 Å². The molecule has 0 saturated heterocycles. The van der Waals surface area contributed by atoms with Gasteiger partial charge in [-0.25, -0.2) is 0 Å². The van der Waals surface area contributed by atoms with Crippen molar-refractivity contribution < 1.29 is 5.11 Å². The third-order valence-electron chi connectivity index (χ3n) is 0.341. The Kier molecular flexibility index (Phi) is 6.39. The van der Waals surface area contributed by atoms with Gasteiger partial charge in [0.15, 0.2) is 0 Å². The molecule has 0 aromatic heterocycles. The average Bonchev–Trinajstić information content (AvgIpc) is 1.41. The van der Waals surface area contributed by atoms with Crippen LogP contribution in [0.5, 0.6) is 0 Å². The Hall–Kier alpha value is 1.18. The Bertz CT molecular complexity index is 33.9. The van der Waals surface area contributed by atoms with Gasteiger partial charge >= 0.3 is 66.9 Å². The first kappa shape index (κ1) is 6.18. The van der Waals surface area contributed by atoms with Crippen molar-refractivity contribution in [1.82, 2.24) is 0 Å². The van der Waals surface area contributed by atoms with Crippen LogP contribution in [0, 0.1) is 0 Å². The molecule has 0 fully saturated rings. The standard InChI is InChI=1S/C3H5O.K/c1-2-3-4;/h2-4H,1H2;. The second-order valence-corrected chi connectivity index (χ2v) is 2.07. The van der Waals surface area contributed by atoms with E-state index in [0.29, 0.717) is 0 Å². The van der Waals surface area contributed by atoms with Gasteiger partial charge in [-0.1, -0.05) is 0 Å². The maximum absolute atomic E-state index is 7.92.